The lowest BCUT2D eigenvalue weighted by Gasteiger charge is -2.18. The van der Waals surface area contributed by atoms with Gasteiger partial charge in [-0.15, -0.1) is 10.2 Å². The molecule has 0 fully saturated rings. The van der Waals surface area contributed by atoms with Crippen LogP contribution in [0.4, 0.5) is 0 Å². The normalized spacial score (nSPS) is 12.6. The minimum atomic E-state index is 0.348. The van der Waals surface area contributed by atoms with E-state index in [9.17, 15) is 0 Å². The Morgan fingerprint density at radius 3 is 2.57 bits per heavy atom. The predicted molar refractivity (Wildman–Crippen MR) is 94.7 cm³/mol. The molecule has 1 unspecified atom stereocenters. The molecular weight excluding hydrogens is 318 g/mol. The molecule has 0 aliphatic rings. The smallest absolute Gasteiger partial charge is 0.175 e. The second kappa shape index (κ2) is 8.17. The first-order valence-electron chi connectivity index (χ1n) is 6.94. The number of nitrogens with one attached hydrogen (secondary N) is 1. The molecule has 6 heteroatoms. The average Bonchev–Trinajstić information content (AvgIpc) is 2.94. The minimum Gasteiger partial charge on any atom is -0.309 e. The van der Waals surface area contributed by atoms with Gasteiger partial charge in [-0.3, -0.25) is 0 Å². The van der Waals surface area contributed by atoms with Gasteiger partial charge < -0.3 is 5.32 Å². The molecule has 0 aliphatic heterocycles. The van der Waals surface area contributed by atoms with Crippen LogP contribution in [0.1, 0.15) is 29.7 Å². The standard InChI is InChI=1S/C15H21N3S3/c1-5-16-13(12-7-6-10(2)11(3)8-12)9-20-15-18-17-14(19-4)21-15/h6-8,13,16H,5,9H2,1-4H3. The fraction of sp³-hybridized carbons (Fsp3) is 0.467. The van der Waals surface area contributed by atoms with Crippen LogP contribution in [0.3, 0.4) is 0 Å². The molecular formula is C15H21N3S3. The highest BCUT2D eigenvalue weighted by Gasteiger charge is 2.13. The van der Waals surface area contributed by atoms with Crippen LogP contribution in [0.5, 0.6) is 0 Å². The van der Waals surface area contributed by atoms with E-state index in [1.165, 1.54) is 16.7 Å². The van der Waals surface area contributed by atoms with E-state index >= 15 is 0 Å². The maximum Gasteiger partial charge on any atom is 0.175 e. The second-order valence-electron chi connectivity index (χ2n) is 4.80. The third-order valence-electron chi connectivity index (χ3n) is 3.32. The number of nitrogens with zero attached hydrogens (tertiary/aromatic N) is 2. The molecule has 0 spiro atoms. The zero-order valence-corrected chi connectivity index (χ0v) is 15.3. The van der Waals surface area contributed by atoms with Gasteiger partial charge in [-0.1, -0.05) is 60.0 Å². The Balaban J connectivity index is 2.05. The summed E-state index contributed by atoms with van der Waals surface area (Å²) in [6.07, 6.45) is 2.03. The molecule has 1 aromatic carbocycles. The summed E-state index contributed by atoms with van der Waals surface area (Å²) in [5.41, 5.74) is 4.04. The summed E-state index contributed by atoms with van der Waals surface area (Å²) in [4.78, 5) is 0. The SMILES string of the molecule is CCNC(CSc1nnc(SC)s1)c1ccc(C)c(C)c1. The van der Waals surface area contributed by atoms with Gasteiger partial charge in [-0.05, 0) is 43.3 Å². The van der Waals surface area contributed by atoms with Gasteiger partial charge in [0, 0.05) is 11.8 Å². The van der Waals surface area contributed by atoms with Crippen LogP contribution in [-0.2, 0) is 0 Å². The van der Waals surface area contributed by atoms with E-state index in [2.05, 4.69) is 54.5 Å². The van der Waals surface area contributed by atoms with E-state index in [-0.39, 0.29) is 0 Å². The number of thioether (sulfide) groups is 2. The lowest BCUT2D eigenvalue weighted by Crippen LogP contribution is -2.23. The van der Waals surface area contributed by atoms with Crippen molar-refractivity contribution in [1.29, 1.82) is 0 Å². The Labute approximate surface area is 139 Å². The number of hydrogen-bond acceptors (Lipinski definition) is 6. The van der Waals surface area contributed by atoms with Crippen LogP contribution in [0.15, 0.2) is 26.9 Å². The van der Waals surface area contributed by atoms with Crippen LogP contribution >= 0.6 is 34.9 Å². The van der Waals surface area contributed by atoms with Crippen LogP contribution in [0.2, 0.25) is 0 Å². The lowest BCUT2D eigenvalue weighted by molar-refractivity contribution is 0.605. The van der Waals surface area contributed by atoms with Crippen LogP contribution in [0.25, 0.3) is 0 Å². The molecule has 0 amide bonds. The molecule has 1 aromatic heterocycles. The molecule has 0 saturated carbocycles. The molecule has 21 heavy (non-hydrogen) atoms. The Bertz CT molecular complexity index is 583. The van der Waals surface area contributed by atoms with Crippen molar-refractivity contribution in [3.8, 4) is 0 Å². The number of aryl methyl sites for hydroxylation is 2. The van der Waals surface area contributed by atoms with Gasteiger partial charge in [0.25, 0.3) is 0 Å². The van der Waals surface area contributed by atoms with Crippen LogP contribution < -0.4 is 5.32 Å². The van der Waals surface area contributed by atoms with Gasteiger partial charge >= 0.3 is 0 Å². The maximum atomic E-state index is 4.23. The fourth-order valence-corrected chi connectivity index (χ4v) is 4.55. The minimum absolute atomic E-state index is 0.348. The molecule has 1 N–H and O–H groups in total. The maximum absolute atomic E-state index is 4.23. The molecule has 114 valence electrons. The van der Waals surface area contributed by atoms with Gasteiger partial charge in [-0.2, -0.15) is 0 Å². The average molecular weight is 340 g/mol. The highest BCUT2D eigenvalue weighted by atomic mass is 32.2. The Morgan fingerprint density at radius 1 is 1.19 bits per heavy atom. The molecule has 0 aliphatic carbocycles. The summed E-state index contributed by atoms with van der Waals surface area (Å²) in [5, 5.41) is 11.9. The number of rotatable bonds is 7. The zero-order valence-electron chi connectivity index (χ0n) is 12.8. The van der Waals surface area contributed by atoms with Gasteiger partial charge in [0.15, 0.2) is 8.68 Å². The molecule has 0 saturated heterocycles. The van der Waals surface area contributed by atoms with E-state index in [0.717, 1.165) is 21.0 Å². The van der Waals surface area contributed by atoms with Gasteiger partial charge in [0.05, 0.1) is 0 Å². The van der Waals surface area contributed by atoms with Gasteiger partial charge in [-0.25, -0.2) is 0 Å². The van der Waals surface area contributed by atoms with Crippen LogP contribution in [0, 0.1) is 13.8 Å². The molecule has 2 aromatic rings. The summed E-state index contributed by atoms with van der Waals surface area (Å²) >= 11 is 5.10. The molecule has 2 rings (SSSR count). The van der Waals surface area contributed by atoms with Gasteiger partial charge in [0.1, 0.15) is 0 Å². The van der Waals surface area contributed by atoms with E-state index in [0.29, 0.717) is 6.04 Å². The third kappa shape index (κ3) is 4.71. The molecule has 1 atom stereocenters. The van der Waals surface area contributed by atoms with E-state index in [1.807, 2.05) is 6.26 Å². The van der Waals surface area contributed by atoms with Crippen molar-refractivity contribution in [2.45, 2.75) is 35.5 Å². The van der Waals surface area contributed by atoms with Crippen molar-refractivity contribution >= 4 is 34.9 Å². The number of benzene rings is 1. The molecule has 0 radical (unpaired) electrons. The summed E-state index contributed by atoms with van der Waals surface area (Å²) in [7, 11) is 0. The Morgan fingerprint density at radius 2 is 1.95 bits per heavy atom. The first kappa shape index (κ1) is 16.8. The molecule has 0 bridgehead atoms. The predicted octanol–water partition coefficient (Wildman–Crippen LogP) is 4.32. The van der Waals surface area contributed by atoms with Crippen LogP contribution in [-0.4, -0.2) is 28.8 Å². The summed E-state index contributed by atoms with van der Waals surface area (Å²) in [5.74, 6) is 0.972. The highest BCUT2D eigenvalue weighted by Crippen LogP contribution is 2.30. The molecule has 3 nitrogen and oxygen atoms in total. The largest absolute Gasteiger partial charge is 0.309 e. The van der Waals surface area contributed by atoms with Crippen molar-refractivity contribution in [3.63, 3.8) is 0 Å². The molecule has 1 heterocycles. The highest BCUT2D eigenvalue weighted by molar-refractivity contribution is 8.02. The quantitative estimate of drug-likeness (QED) is 0.761. The summed E-state index contributed by atoms with van der Waals surface area (Å²) in [6, 6.07) is 7.07. The summed E-state index contributed by atoms with van der Waals surface area (Å²) in [6.45, 7) is 7.44. The Hall–Kier alpha value is -0.560. The van der Waals surface area contributed by atoms with E-state index in [1.54, 1.807) is 34.9 Å². The Kier molecular flexibility index (Phi) is 6.54. The second-order valence-corrected chi connectivity index (χ2v) is 8.10. The van der Waals surface area contributed by atoms with E-state index in [4.69, 9.17) is 0 Å². The summed E-state index contributed by atoms with van der Waals surface area (Å²) < 4.78 is 2.08. The van der Waals surface area contributed by atoms with E-state index < -0.39 is 0 Å². The van der Waals surface area contributed by atoms with Crippen molar-refractivity contribution in [2.75, 3.05) is 18.6 Å². The van der Waals surface area contributed by atoms with Crippen molar-refractivity contribution < 1.29 is 0 Å². The first-order valence-corrected chi connectivity index (χ1v) is 9.97. The van der Waals surface area contributed by atoms with Crippen molar-refractivity contribution in [3.05, 3.63) is 34.9 Å². The first-order chi connectivity index (χ1) is 10.1. The topological polar surface area (TPSA) is 37.8 Å². The zero-order chi connectivity index (χ0) is 15.2. The van der Waals surface area contributed by atoms with Gasteiger partial charge in [0.2, 0.25) is 0 Å². The lowest BCUT2D eigenvalue weighted by atomic mass is 10.0. The number of hydrogen-bond donors (Lipinski definition) is 1. The fourth-order valence-electron chi connectivity index (χ4n) is 1.99. The van der Waals surface area contributed by atoms with Crippen molar-refractivity contribution in [1.82, 2.24) is 15.5 Å². The third-order valence-corrected chi connectivity index (χ3v) is 6.45. The number of aromatic nitrogens is 2. The monoisotopic (exact) mass is 339 g/mol. The van der Waals surface area contributed by atoms with Crippen molar-refractivity contribution in [2.24, 2.45) is 0 Å².